The van der Waals surface area contributed by atoms with E-state index in [9.17, 15) is 14.7 Å². The summed E-state index contributed by atoms with van der Waals surface area (Å²) in [6, 6.07) is 1.45. The van der Waals surface area contributed by atoms with Crippen molar-refractivity contribution in [2.45, 2.75) is 45.1 Å². The Bertz CT molecular complexity index is 502. The smallest absolute Gasteiger partial charge is 0.268 e. The van der Waals surface area contributed by atoms with Gasteiger partial charge in [-0.3, -0.25) is 9.59 Å². The molecule has 0 saturated carbocycles. The first-order chi connectivity index (χ1) is 9.83. The summed E-state index contributed by atoms with van der Waals surface area (Å²) in [4.78, 5) is 23.3. The molecule has 0 aliphatic carbocycles. The van der Waals surface area contributed by atoms with Crippen LogP contribution in [0.25, 0.3) is 0 Å². The van der Waals surface area contributed by atoms with Crippen molar-refractivity contribution in [2.75, 3.05) is 6.54 Å². The number of carbonyl (C=O) groups excluding carboxylic acids is 2. The van der Waals surface area contributed by atoms with Crippen LogP contribution in [0, 0.1) is 0 Å². The number of nitrogens with one attached hydrogen (secondary N) is 1. The predicted octanol–water partition coefficient (Wildman–Crippen LogP) is 1.19. The van der Waals surface area contributed by atoms with Crippen molar-refractivity contribution in [1.29, 1.82) is 0 Å². The van der Waals surface area contributed by atoms with Crippen LogP contribution in [0.2, 0.25) is 0 Å². The number of aromatic nitrogens is 1. The lowest BCUT2D eigenvalue weighted by molar-refractivity contribution is 0.0212. The zero-order valence-corrected chi connectivity index (χ0v) is 13.0. The Morgan fingerprint density at radius 1 is 1.33 bits per heavy atom. The highest BCUT2D eigenvalue weighted by molar-refractivity contribution is 5.98. The van der Waals surface area contributed by atoms with E-state index in [1.165, 1.54) is 12.3 Å². The Hall–Kier alpha value is -1.82. The van der Waals surface area contributed by atoms with Gasteiger partial charge in [-0.25, -0.2) is 0 Å². The number of carbonyl (C=O) groups is 2. The van der Waals surface area contributed by atoms with Crippen molar-refractivity contribution in [3.63, 3.8) is 0 Å². The Kier molecular flexibility index (Phi) is 5.96. The highest BCUT2D eigenvalue weighted by Crippen LogP contribution is 2.18. The predicted molar refractivity (Wildman–Crippen MR) is 81.0 cm³/mol. The quantitative estimate of drug-likeness (QED) is 0.672. The van der Waals surface area contributed by atoms with Crippen molar-refractivity contribution < 1.29 is 14.7 Å². The van der Waals surface area contributed by atoms with Crippen LogP contribution in [-0.2, 0) is 7.05 Å². The van der Waals surface area contributed by atoms with E-state index in [4.69, 9.17) is 5.73 Å². The number of nitrogens with zero attached hydrogens (tertiary/aromatic N) is 1. The second-order valence-corrected chi connectivity index (χ2v) is 5.50. The van der Waals surface area contributed by atoms with Crippen molar-refractivity contribution in [1.82, 2.24) is 9.88 Å². The van der Waals surface area contributed by atoms with Crippen molar-refractivity contribution >= 4 is 11.8 Å². The van der Waals surface area contributed by atoms with E-state index in [0.717, 1.165) is 12.8 Å². The van der Waals surface area contributed by atoms with Gasteiger partial charge in [-0.2, -0.15) is 0 Å². The second-order valence-electron chi connectivity index (χ2n) is 5.50. The largest absolute Gasteiger partial charge is 0.388 e. The van der Waals surface area contributed by atoms with Crippen LogP contribution < -0.4 is 11.1 Å². The number of aryl methyl sites for hydroxylation is 1. The number of amides is 2. The Morgan fingerprint density at radius 2 is 1.90 bits per heavy atom. The monoisotopic (exact) mass is 295 g/mol. The van der Waals surface area contributed by atoms with Gasteiger partial charge in [0.25, 0.3) is 5.91 Å². The molecule has 4 N–H and O–H groups in total. The van der Waals surface area contributed by atoms with Gasteiger partial charge in [0.15, 0.2) is 0 Å². The molecule has 0 aliphatic rings. The molecule has 0 fully saturated rings. The molecule has 0 unspecified atom stereocenters. The Balaban J connectivity index is 2.74. The molecular weight excluding hydrogens is 270 g/mol. The van der Waals surface area contributed by atoms with Gasteiger partial charge in [-0.05, 0) is 18.9 Å². The molecule has 0 saturated heterocycles. The average molecular weight is 295 g/mol. The third-order valence-electron chi connectivity index (χ3n) is 3.53. The molecule has 6 nitrogen and oxygen atoms in total. The summed E-state index contributed by atoms with van der Waals surface area (Å²) in [6.45, 7) is 4.20. The van der Waals surface area contributed by atoms with E-state index in [2.05, 4.69) is 5.32 Å². The molecule has 6 heteroatoms. The standard InChI is InChI=1S/C15H25N3O3/c1-4-6-15(21,7-5-2)10-17-14(20)12-8-11(13(16)19)9-18(12)3/h8-9,21H,4-7,10H2,1-3H3,(H2,16,19)(H,17,20). The van der Waals surface area contributed by atoms with Gasteiger partial charge in [0.05, 0.1) is 11.2 Å². The van der Waals surface area contributed by atoms with E-state index < -0.39 is 11.5 Å². The average Bonchev–Trinajstić information content (AvgIpc) is 2.79. The molecule has 0 bridgehead atoms. The summed E-state index contributed by atoms with van der Waals surface area (Å²) in [7, 11) is 1.67. The zero-order chi connectivity index (χ0) is 16.0. The molecule has 118 valence electrons. The molecule has 1 rings (SSSR count). The van der Waals surface area contributed by atoms with Crippen molar-refractivity contribution in [2.24, 2.45) is 12.8 Å². The number of primary amides is 1. The van der Waals surface area contributed by atoms with Crippen LogP contribution in [0.5, 0.6) is 0 Å². The number of rotatable bonds is 8. The molecule has 0 aliphatic heterocycles. The van der Waals surface area contributed by atoms with E-state index in [0.29, 0.717) is 24.1 Å². The van der Waals surface area contributed by atoms with Crippen LogP contribution in [0.15, 0.2) is 12.3 Å². The van der Waals surface area contributed by atoms with Crippen molar-refractivity contribution in [3.8, 4) is 0 Å². The van der Waals surface area contributed by atoms with Crippen LogP contribution in [0.4, 0.5) is 0 Å². The van der Waals surface area contributed by atoms with E-state index in [-0.39, 0.29) is 12.5 Å². The van der Waals surface area contributed by atoms with E-state index >= 15 is 0 Å². The van der Waals surface area contributed by atoms with E-state index in [1.54, 1.807) is 11.6 Å². The van der Waals surface area contributed by atoms with Crippen LogP contribution in [0.1, 0.15) is 60.4 Å². The fourth-order valence-corrected chi connectivity index (χ4v) is 2.49. The maximum absolute atomic E-state index is 12.2. The third kappa shape index (κ3) is 4.60. The SMILES string of the molecule is CCCC(O)(CCC)CNC(=O)c1cc(C(N)=O)cn1C. The first kappa shape index (κ1) is 17.2. The summed E-state index contributed by atoms with van der Waals surface area (Å²) in [6.07, 6.45) is 4.49. The maximum atomic E-state index is 12.2. The Morgan fingerprint density at radius 3 is 2.33 bits per heavy atom. The number of aliphatic hydroxyl groups is 1. The third-order valence-corrected chi connectivity index (χ3v) is 3.53. The normalized spacial score (nSPS) is 11.4. The molecule has 0 atom stereocenters. The lowest BCUT2D eigenvalue weighted by atomic mass is 9.92. The highest BCUT2D eigenvalue weighted by atomic mass is 16.3. The first-order valence-electron chi connectivity index (χ1n) is 7.29. The second kappa shape index (κ2) is 7.26. The number of hydrogen-bond donors (Lipinski definition) is 3. The molecule has 1 aromatic heterocycles. The van der Waals surface area contributed by atoms with Gasteiger partial charge in [0, 0.05) is 19.8 Å². The molecule has 21 heavy (non-hydrogen) atoms. The van der Waals surface area contributed by atoms with Gasteiger partial charge >= 0.3 is 0 Å². The van der Waals surface area contributed by atoms with Gasteiger partial charge < -0.3 is 20.7 Å². The molecular formula is C15H25N3O3. The van der Waals surface area contributed by atoms with Gasteiger partial charge in [0.1, 0.15) is 5.69 Å². The summed E-state index contributed by atoms with van der Waals surface area (Å²) >= 11 is 0. The minimum Gasteiger partial charge on any atom is -0.388 e. The number of nitrogens with two attached hydrogens (primary N) is 1. The topological polar surface area (TPSA) is 97.3 Å². The van der Waals surface area contributed by atoms with Crippen LogP contribution in [-0.4, -0.2) is 33.6 Å². The van der Waals surface area contributed by atoms with Gasteiger partial charge in [0.2, 0.25) is 5.91 Å². The van der Waals surface area contributed by atoms with E-state index in [1.807, 2.05) is 13.8 Å². The zero-order valence-electron chi connectivity index (χ0n) is 13.0. The summed E-state index contributed by atoms with van der Waals surface area (Å²) in [5.41, 5.74) is 4.95. The lowest BCUT2D eigenvalue weighted by Crippen LogP contribution is -2.43. The highest BCUT2D eigenvalue weighted by Gasteiger charge is 2.26. The summed E-state index contributed by atoms with van der Waals surface area (Å²) in [5, 5.41) is 13.2. The Labute approximate surface area is 125 Å². The van der Waals surface area contributed by atoms with Gasteiger partial charge in [-0.15, -0.1) is 0 Å². The molecule has 1 heterocycles. The molecule has 2 amide bonds. The number of hydrogen-bond acceptors (Lipinski definition) is 3. The van der Waals surface area contributed by atoms with Crippen LogP contribution in [0.3, 0.4) is 0 Å². The molecule has 0 aromatic carbocycles. The summed E-state index contributed by atoms with van der Waals surface area (Å²) in [5.74, 6) is -0.895. The lowest BCUT2D eigenvalue weighted by Gasteiger charge is -2.27. The minimum absolute atomic E-state index is 0.199. The molecule has 0 radical (unpaired) electrons. The first-order valence-corrected chi connectivity index (χ1v) is 7.29. The molecule has 0 spiro atoms. The van der Waals surface area contributed by atoms with Gasteiger partial charge in [-0.1, -0.05) is 26.7 Å². The molecule has 1 aromatic rings. The fourth-order valence-electron chi connectivity index (χ4n) is 2.49. The minimum atomic E-state index is -0.878. The summed E-state index contributed by atoms with van der Waals surface area (Å²) < 4.78 is 1.55. The van der Waals surface area contributed by atoms with Crippen LogP contribution >= 0.6 is 0 Å². The maximum Gasteiger partial charge on any atom is 0.268 e. The van der Waals surface area contributed by atoms with Crippen molar-refractivity contribution in [3.05, 3.63) is 23.5 Å². The fraction of sp³-hybridized carbons (Fsp3) is 0.600.